The fourth-order valence-electron chi connectivity index (χ4n) is 1.69. The Morgan fingerprint density at radius 3 is 2.35 bits per heavy atom. The van der Waals surface area contributed by atoms with Gasteiger partial charge in [0.15, 0.2) is 5.75 Å². The van der Waals surface area contributed by atoms with Gasteiger partial charge in [-0.1, -0.05) is 30.3 Å². The first-order valence-corrected chi connectivity index (χ1v) is 6.54. The molecule has 0 aliphatic carbocycles. The van der Waals surface area contributed by atoms with Crippen LogP contribution in [0.3, 0.4) is 0 Å². The first-order valence-electron chi connectivity index (χ1n) is 6.54. The van der Waals surface area contributed by atoms with Crippen molar-refractivity contribution in [3.05, 3.63) is 54.6 Å². The Labute approximate surface area is 118 Å². The van der Waals surface area contributed by atoms with Crippen molar-refractivity contribution in [1.82, 2.24) is 5.32 Å². The van der Waals surface area contributed by atoms with Crippen LogP contribution in [0.15, 0.2) is 54.6 Å². The van der Waals surface area contributed by atoms with E-state index in [1.54, 1.807) is 6.07 Å². The monoisotopic (exact) mass is 270 g/mol. The number of rotatable bonds is 4. The Morgan fingerprint density at radius 2 is 1.65 bits per heavy atom. The average molecular weight is 270 g/mol. The van der Waals surface area contributed by atoms with Crippen molar-refractivity contribution >= 4 is 11.7 Å². The number of urea groups is 1. The third kappa shape index (κ3) is 4.02. The molecule has 0 heterocycles. The molecule has 0 aliphatic heterocycles. The largest absolute Gasteiger partial charge is 0.455 e. The van der Waals surface area contributed by atoms with Gasteiger partial charge in [0, 0.05) is 6.04 Å². The summed E-state index contributed by atoms with van der Waals surface area (Å²) in [5.74, 6) is 1.34. The number of hydrogen-bond donors (Lipinski definition) is 2. The predicted octanol–water partition coefficient (Wildman–Crippen LogP) is 4.01. The van der Waals surface area contributed by atoms with Crippen LogP contribution in [0.2, 0.25) is 0 Å². The number of ether oxygens (including phenoxy) is 1. The quantitative estimate of drug-likeness (QED) is 0.882. The summed E-state index contributed by atoms with van der Waals surface area (Å²) in [6, 6.07) is 16.6. The van der Waals surface area contributed by atoms with E-state index in [1.807, 2.05) is 62.4 Å². The van der Waals surface area contributed by atoms with Gasteiger partial charge in [-0.05, 0) is 38.1 Å². The normalized spacial score (nSPS) is 10.2. The van der Waals surface area contributed by atoms with E-state index in [2.05, 4.69) is 10.6 Å². The number of nitrogens with one attached hydrogen (secondary N) is 2. The topological polar surface area (TPSA) is 50.4 Å². The lowest BCUT2D eigenvalue weighted by atomic mass is 10.3. The van der Waals surface area contributed by atoms with Crippen LogP contribution in [0.1, 0.15) is 13.8 Å². The number of amides is 2. The molecule has 2 rings (SSSR count). The first kappa shape index (κ1) is 13.9. The van der Waals surface area contributed by atoms with Gasteiger partial charge in [-0.3, -0.25) is 0 Å². The molecule has 104 valence electrons. The van der Waals surface area contributed by atoms with Gasteiger partial charge in [-0.15, -0.1) is 0 Å². The third-order valence-electron chi connectivity index (χ3n) is 2.53. The minimum Gasteiger partial charge on any atom is -0.455 e. The Balaban J connectivity index is 2.12. The number of carbonyl (C=O) groups excluding carboxylic acids is 1. The van der Waals surface area contributed by atoms with Crippen LogP contribution in [0, 0.1) is 0 Å². The minimum atomic E-state index is -0.246. The Morgan fingerprint density at radius 1 is 1.00 bits per heavy atom. The number of carbonyl (C=O) groups is 1. The molecule has 2 amide bonds. The van der Waals surface area contributed by atoms with Crippen LogP contribution in [-0.2, 0) is 0 Å². The molecular formula is C16H18N2O2. The molecule has 20 heavy (non-hydrogen) atoms. The molecule has 0 aromatic heterocycles. The van der Waals surface area contributed by atoms with Gasteiger partial charge in [0.25, 0.3) is 0 Å². The third-order valence-corrected chi connectivity index (χ3v) is 2.53. The van der Waals surface area contributed by atoms with Gasteiger partial charge in [0.05, 0.1) is 5.69 Å². The number of benzene rings is 2. The lowest BCUT2D eigenvalue weighted by Crippen LogP contribution is -2.34. The van der Waals surface area contributed by atoms with E-state index in [9.17, 15) is 4.79 Å². The van der Waals surface area contributed by atoms with Crippen molar-refractivity contribution in [1.29, 1.82) is 0 Å². The molecule has 0 aliphatic rings. The molecule has 2 aromatic rings. The van der Waals surface area contributed by atoms with Crippen LogP contribution < -0.4 is 15.4 Å². The van der Waals surface area contributed by atoms with E-state index >= 15 is 0 Å². The van der Waals surface area contributed by atoms with E-state index in [4.69, 9.17) is 4.74 Å². The smallest absolute Gasteiger partial charge is 0.319 e. The highest BCUT2D eigenvalue weighted by atomic mass is 16.5. The molecule has 0 fully saturated rings. The van der Waals surface area contributed by atoms with E-state index in [0.29, 0.717) is 11.4 Å². The van der Waals surface area contributed by atoms with Gasteiger partial charge in [-0.2, -0.15) is 0 Å². The summed E-state index contributed by atoms with van der Waals surface area (Å²) < 4.78 is 5.77. The van der Waals surface area contributed by atoms with Crippen LogP contribution in [0.5, 0.6) is 11.5 Å². The van der Waals surface area contributed by atoms with E-state index in [1.165, 1.54) is 0 Å². The second-order valence-electron chi connectivity index (χ2n) is 4.66. The maximum atomic E-state index is 11.7. The summed E-state index contributed by atoms with van der Waals surface area (Å²) in [4.78, 5) is 11.7. The fourth-order valence-corrected chi connectivity index (χ4v) is 1.69. The van der Waals surface area contributed by atoms with Crippen LogP contribution >= 0.6 is 0 Å². The zero-order valence-electron chi connectivity index (χ0n) is 11.6. The molecule has 2 aromatic carbocycles. The van der Waals surface area contributed by atoms with Crippen LogP contribution in [-0.4, -0.2) is 12.1 Å². The summed E-state index contributed by atoms with van der Waals surface area (Å²) in [6.45, 7) is 3.82. The van der Waals surface area contributed by atoms with Crippen LogP contribution in [0.25, 0.3) is 0 Å². The van der Waals surface area contributed by atoms with Crippen molar-refractivity contribution in [2.45, 2.75) is 19.9 Å². The van der Waals surface area contributed by atoms with Crippen molar-refractivity contribution < 1.29 is 9.53 Å². The molecule has 0 bridgehead atoms. The van der Waals surface area contributed by atoms with Crippen LogP contribution in [0.4, 0.5) is 10.5 Å². The summed E-state index contributed by atoms with van der Waals surface area (Å²) in [7, 11) is 0. The number of hydrogen-bond acceptors (Lipinski definition) is 2. The van der Waals surface area contributed by atoms with Gasteiger partial charge < -0.3 is 15.4 Å². The standard InChI is InChI=1S/C16H18N2O2/c1-12(2)17-16(19)18-14-10-6-7-11-15(14)20-13-8-4-3-5-9-13/h3-12H,1-2H3,(H2,17,18,19). The van der Waals surface area contributed by atoms with Gasteiger partial charge in [0.1, 0.15) is 5.75 Å². The summed E-state index contributed by atoms with van der Waals surface area (Å²) in [5, 5.41) is 5.56. The second-order valence-corrected chi connectivity index (χ2v) is 4.66. The van der Waals surface area contributed by atoms with Gasteiger partial charge in [0.2, 0.25) is 0 Å². The zero-order chi connectivity index (χ0) is 14.4. The lowest BCUT2D eigenvalue weighted by Gasteiger charge is -2.14. The van der Waals surface area contributed by atoms with Crippen molar-refractivity contribution in [2.75, 3.05) is 5.32 Å². The Hall–Kier alpha value is -2.49. The lowest BCUT2D eigenvalue weighted by molar-refractivity contribution is 0.250. The Kier molecular flexibility index (Phi) is 4.60. The first-order chi connectivity index (χ1) is 9.65. The number of para-hydroxylation sites is 3. The maximum absolute atomic E-state index is 11.7. The Bertz CT molecular complexity index is 568. The molecule has 4 nitrogen and oxygen atoms in total. The molecular weight excluding hydrogens is 252 g/mol. The summed E-state index contributed by atoms with van der Waals surface area (Å²) >= 11 is 0. The highest BCUT2D eigenvalue weighted by molar-refractivity contribution is 5.91. The molecule has 4 heteroatoms. The van der Waals surface area contributed by atoms with E-state index in [-0.39, 0.29) is 12.1 Å². The van der Waals surface area contributed by atoms with Gasteiger partial charge >= 0.3 is 6.03 Å². The molecule has 0 atom stereocenters. The molecule has 0 saturated heterocycles. The van der Waals surface area contributed by atoms with E-state index in [0.717, 1.165) is 5.75 Å². The highest BCUT2D eigenvalue weighted by Gasteiger charge is 2.08. The molecule has 0 radical (unpaired) electrons. The highest BCUT2D eigenvalue weighted by Crippen LogP contribution is 2.28. The van der Waals surface area contributed by atoms with Crippen molar-refractivity contribution in [3.8, 4) is 11.5 Å². The fraction of sp³-hybridized carbons (Fsp3) is 0.188. The molecule has 0 saturated carbocycles. The molecule has 0 unspecified atom stereocenters. The zero-order valence-corrected chi connectivity index (χ0v) is 11.6. The second kappa shape index (κ2) is 6.61. The molecule has 0 spiro atoms. The SMILES string of the molecule is CC(C)NC(=O)Nc1ccccc1Oc1ccccc1. The summed E-state index contributed by atoms with van der Waals surface area (Å²) in [5.41, 5.74) is 0.634. The number of anilines is 1. The van der Waals surface area contributed by atoms with Crippen molar-refractivity contribution in [2.24, 2.45) is 0 Å². The predicted molar refractivity (Wildman–Crippen MR) is 80.2 cm³/mol. The minimum absolute atomic E-state index is 0.0807. The average Bonchev–Trinajstić information content (AvgIpc) is 2.41. The maximum Gasteiger partial charge on any atom is 0.319 e. The van der Waals surface area contributed by atoms with E-state index < -0.39 is 0 Å². The molecule has 2 N–H and O–H groups in total. The van der Waals surface area contributed by atoms with Crippen molar-refractivity contribution in [3.63, 3.8) is 0 Å². The van der Waals surface area contributed by atoms with Gasteiger partial charge in [-0.25, -0.2) is 4.79 Å². The summed E-state index contributed by atoms with van der Waals surface area (Å²) in [6.07, 6.45) is 0.